The Kier molecular flexibility index (Phi) is 4.27. The minimum Gasteiger partial charge on any atom is -0.440 e. The van der Waals surface area contributed by atoms with Crippen molar-refractivity contribution in [1.29, 1.82) is 0 Å². The molecule has 130 valence electrons. The molecule has 0 amide bonds. The highest BCUT2D eigenvalue weighted by Crippen LogP contribution is 2.44. The summed E-state index contributed by atoms with van der Waals surface area (Å²) >= 11 is 1.66. The summed E-state index contributed by atoms with van der Waals surface area (Å²) < 4.78 is 5.87. The second kappa shape index (κ2) is 6.28. The van der Waals surface area contributed by atoms with E-state index in [1.54, 1.807) is 11.3 Å². The summed E-state index contributed by atoms with van der Waals surface area (Å²) in [6.07, 6.45) is 4.24. The maximum Gasteiger partial charge on any atom is 0.236 e. The monoisotopic (exact) mass is 346 g/mol. The van der Waals surface area contributed by atoms with Crippen LogP contribution in [0.15, 0.2) is 21.9 Å². The number of nitrogens with zero attached hydrogens (tertiary/aromatic N) is 2. The van der Waals surface area contributed by atoms with E-state index in [-0.39, 0.29) is 0 Å². The largest absolute Gasteiger partial charge is 0.440 e. The van der Waals surface area contributed by atoms with Crippen LogP contribution in [-0.4, -0.2) is 33.7 Å². The van der Waals surface area contributed by atoms with Crippen molar-refractivity contribution in [3.05, 3.63) is 29.0 Å². The number of aliphatic hydroxyl groups is 1. The molecule has 2 fully saturated rings. The van der Waals surface area contributed by atoms with E-state index in [9.17, 15) is 5.11 Å². The van der Waals surface area contributed by atoms with Crippen LogP contribution in [0.2, 0.25) is 0 Å². The topological polar surface area (TPSA) is 49.5 Å². The van der Waals surface area contributed by atoms with Crippen LogP contribution in [0.25, 0.3) is 10.8 Å². The lowest BCUT2D eigenvalue weighted by atomic mass is 9.69. The molecule has 0 spiro atoms. The van der Waals surface area contributed by atoms with Gasteiger partial charge in [0.05, 0.1) is 16.2 Å². The molecule has 1 aliphatic heterocycles. The van der Waals surface area contributed by atoms with Gasteiger partial charge in [0.25, 0.3) is 0 Å². The normalized spacial score (nSPS) is 30.6. The zero-order chi connectivity index (χ0) is 16.7. The molecule has 0 aromatic carbocycles. The second-order valence-electron chi connectivity index (χ2n) is 7.41. The molecule has 2 aromatic heterocycles. The Morgan fingerprint density at radius 3 is 3.08 bits per heavy atom. The van der Waals surface area contributed by atoms with E-state index < -0.39 is 5.60 Å². The molecule has 1 saturated heterocycles. The minimum absolute atomic E-state index is 0.417. The number of hydrogen-bond acceptors (Lipinski definition) is 5. The predicted octanol–water partition coefficient (Wildman–Crippen LogP) is 4.08. The Morgan fingerprint density at radius 2 is 2.33 bits per heavy atom. The minimum atomic E-state index is -0.460. The molecule has 3 heterocycles. The first kappa shape index (κ1) is 16.3. The maximum absolute atomic E-state index is 11.0. The quantitative estimate of drug-likeness (QED) is 0.906. The fourth-order valence-corrected chi connectivity index (χ4v) is 5.23. The van der Waals surface area contributed by atoms with Crippen molar-refractivity contribution in [1.82, 2.24) is 9.88 Å². The molecule has 0 unspecified atom stereocenters. The molecule has 1 N–H and O–H groups in total. The maximum atomic E-state index is 11.0. The van der Waals surface area contributed by atoms with Crippen LogP contribution in [0.4, 0.5) is 0 Å². The molecule has 4 nitrogen and oxygen atoms in total. The molecule has 1 aliphatic carbocycles. The van der Waals surface area contributed by atoms with Crippen LogP contribution in [-0.2, 0) is 6.54 Å². The van der Waals surface area contributed by atoms with Crippen molar-refractivity contribution >= 4 is 11.3 Å². The van der Waals surface area contributed by atoms with Crippen LogP contribution in [0.1, 0.15) is 44.1 Å². The number of fused-ring (bicyclic) bond motifs is 1. The van der Waals surface area contributed by atoms with Crippen LogP contribution < -0.4 is 0 Å². The van der Waals surface area contributed by atoms with Crippen molar-refractivity contribution in [3.8, 4) is 10.8 Å². The lowest BCUT2D eigenvalue weighted by molar-refractivity contribution is -0.0613. The molecule has 4 rings (SSSR count). The van der Waals surface area contributed by atoms with Gasteiger partial charge in [0, 0.05) is 25.6 Å². The van der Waals surface area contributed by atoms with Gasteiger partial charge < -0.3 is 9.52 Å². The van der Waals surface area contributed by atoms with Gasteiger partial charge in [-0.2, -0.15) is 0 Å². The van der Waals surface area contributed by atoms with Crippen LogP contribution in [0.3, 0.4) is 0 Å². The molecular weight excluding hydrogens is 320 g/mol. The Morgan fingerprint density at radius 1 is 1.46 bits per heavy atom. The van der Waals surface area contributed by atoms with E-state index in [1.807, 2.05) is 24.4 Å². The van der Waals surface area contributed by atoms with Crippen molar-refractivity contribution in [2.45, 2.75) is 51.7 Å². The zero-order valence-corrected chi connectivity index (χ0v) is 15.3. The first-order chi connectivity index (χ1) is 11.6. The average molecular weight is 346 g/mol. The smallest absolute Gasteiger partial charge is 0.236 e. The molecule has 2 aliphatic rings. The van der Waals surface area contributed by atoms with Gasteiger partial charge in [-0.25, -0.2) is 4.98 Å². The molecule has 3 atom stereocenters. The summed E-state index contributed by atoms with van der Waals surface area (Å²) in [4.78, 5) is 8.27. The van der Waals surface area contributed by atoms with Crippen LogP contribution >= 0.6 is 11.3 Å². The van der Waals surface area contributed by atoms with Gasteiger partial charge in [-0.05, 0) is 43.6 Å². The highest BCUT2D eigenvalue weighted by Gasteiger charge is 2.47. The van der Waals surface area contributed by atoms with Gasteiger partial charge in [0.1, 0.15) is 5.76 Å². The van der Waals surface area contributed by atoms with E-state index in [1.165, 1.54) is 6.42 Å². The highest BCUT2D eigenvalue weighted by atomic mass is 32.1. The number of aryl methyl sites for hydroxylation is 1. The second-order valence-corrected chi connectivity index (χ2v) is 8.36. The summed E-state index contributed by atoms with van der Waals surface area (Å²) in [5, 5.41) is 13.0. The summed E-state index contributed by atoms with van der Waals surface area (Å²) in [7, 11) is 0. The van der Waals surface area contributed by atoms with Crippen molar-refractivity contribution in [2.75, 3.05) is 13.1 Å². The summed E-state index contributed by atoms with van der Waals surface area (Å²) in [5.74, 6) is 2.70. The fourth-order valence-electron chi connectivity index (χ4n) is 4.58. The SMILES string of the molecule is CC[C@]1(O)CCC[C@H]2CN(Cc3nc(-c4cccs4)oc3C)C[C@H]21. The lowest BCUT2D eigenvalue weighted by Gasteiger charge is -2.40. The molecule has 5 heteroatoms. The number of oxazole rings is 1. The number of likely N-dealkylation sites (tertiary alicyclic amines) is 1. The third-order valence-electron chi connectivity index (χ3n) is 6.00. The van der Waals surface area contributed by atoms with E-state index in [4.69, 9.17) is 9.40 Å². The van der Waals surface area contributed by atoms with Gasteiger partial charge in [0.2, 0.25) is 5.89 Å². The highest BCUT2D eigenvalue weighted by molar-refractivity contribution is 7.13. The Labute approximate surface area is 147 Å². The van der Waals surface area contributed by atoms with Gasteiger partial charge >= 0.3 is 0 Å². The number of hydrogen-bond donors (Lipinski definition) is 1. The van der Waals surface area contributed by atoms with Crippen LogP contribution in [0.5, 0.6) is 0 Å². The Bertz CT molecular complexity index is 696. The molecule has 24 heavy (non-hydrogen) atoms. The first-order valence-corrected chi connectivity index (χ1v) is 9.92. The Hall–Kier alpha value is -1.17. The van der Waals surface area contributed by atoms with Gasteiger partial charge in [0.15, 0.2) is 0 Å². The zero-order valence-electron chi connectivity index (χ0n) is 14.5. The summed E-state index contributed by atoms with van der Waals surface area (Å²) in [6, 6.07) is 4.07. The van der Waals surface area contributed by atoms with Gasteiger partial charge in [-0.1, -0.05) is 19.4 Å². The molecular formula is C19H26N2O2S. The van der Waals surface area contributed by atoms with E-state index in [2.05, 4.69) is 11.8 Å². The lowest BCUT2D eigenvalue weighted by Crippen LogP contribution is -2.44. The van der Waals surface area contributed by atoms with Crippen molar-refractivity contribution in [2.24, 2.45) is 11.8 Å². The standard InChI is InChI=1S/C19H26N2O2S/c1-3-19(22)8-4-6-14-10-21(11-15(14)19)12-16-13(2)23-18(20-16)17-7-5-9-24-17/h5,7,9,14-15,22H,3-4,6,8,10-12H2,1-2H3/t14-,15+,19-/m0/s1. The summed E-state index contributed by atoms with van der Waals surface area (Å²) in [6.45, 7) is 7.02. The van der Waals surface area contributed by atoms with Crippen LogP contribution in [0, 0.1) is 18.8 Å². The van der Waals surface area contributed by atoms with E-state index >= 15 is 0 Å². The van der Waals surface area contributed by atoms with Gasteiger partial charge in [-0.3, -0.25) is 4.90 Å². The molecule has 0 bridgehead atoms. The molecule has 2 aromatic rings. The summed E-state index contributed by atoms with van der Waals surface area (Å²) in [5.41, 5.74) is 0.579. The first-order valence-electron chi connectivity index (χ1n) is 9.04. The van der Waals surface area contributed by atoms with Crippen molar-refractivity contribution < 1.29 is 9.52 Å². The number of rotatable bonds is 4. The third kappa shape index (κ3) is 2.83. The van der Waals surface area contributed by atoms with E-state index in [0.29, 0.717) is 11.8 Å². The molecule has 1 saturated carbocycles. The fraction of sp³-hybridized carbons (Fsp3) is 0.632. The predicted molar refractivity (Wildman–Crippen MR) is 95.9 cm³/mol. The Balaban J connectivity index is 1.49. The van der Waals surface area contributed by atoms with E-state index in [0.717, 1.165) is 61.1 Å². The van der Waals surface area contributed by atoms with Crippen molar-refractivity contribution in [3.63, 3.8) is 0 Å². The molecule has 0 radical (unpaired) electrons. The van der Waals surface area contributed by atoms with Gasteiger partial charge in [-0.15, -0.1) is 11.3 Å². The number of aromatic nitrogens is 1. The number of thiophene rings is 1. The average Bonchev–Trinajstić information content (AvgIpc) is 3.29. The third-order valence-corrected chi connectivity index (χ3v) is 6.86.